The van der Waals surface area contributed by atoms with Crippen LogP contribution in [0, 0.1) is 0 Å². The monoisotopic (exact) mass is 157 g/mol. The zero-order valence-electron chi connectivity index (χ0n) is 8.30. The lowest BCUT2D eigenvalue weighted by Crippen LogP contribution is -2.40. The quantitative estimate of drug-likeness (QED) is 0.543. The van der Waals surface area contributed by atoms with E-state index in [-0.39, 0.29) is 0 Å². The number of nitrogens with zero attached hydrogens (tertiary/aromatic N) is 2. The van der Waals surface area contributed by atoms with E-state index in [0.29, 0.717) is 0 Å². The molecule has 11 heavy (non-hydrogen) atoms. The van der Waals surface area contributed by atoms with Gasteiger partial charge < -0.3 is 4.48 Å². The smallest absolute Gasteiger partial charge is 0.135 e. The van der Waals surface area contributed by atoms with E-state index in [1.54, 1.807) is 0 Å². The lowest BCUT2D eigenvalue weighted by atomic mass is 10.2. The Bertz CT molecular complexity index is 132. The van der Waals surface area contributed by atoms with Gasteiger partial charge in [-0.2, -0.15) is 0 Å². The van der Waals surface area contributed by atoms with Gasteiger partial charge in [0.25, 0.3) is 0 Å². The van der Waals surface area contributed by atoms with E-state index in [2.05, 4.69) is 32.8 Å². The highest BCUT2D eigenvalue weighted by molar-refractivity contribution is 4.66. The van der Waals surface area contributed by atoms with Crippen molar-refractivity contribution in [2.24, 2.45) is 0 Å². The third-order valence-electron chi connectivity index (χ3n) is 2.77. The van der Waals surface area contributed by atoms with Crippen LogP contribution in [0.3, 0.4) is 0 Å². The summed E-state index contributed by atoms with van der Waals surface area (Å²) in [5, 5.41) is 0. The minimum atomic E-state index is 0.773. The summed E-state index contributed by atoms with van der Waals surface area (Å²) in [4.78, 5) is 2.58. The third-order valence-corrected chi connectivity index (χ3v) is 2.77. The van der Waals surface area contributed by atoms with Crippen LogP contribution in [0.1, 0.15) is 20.3 Å². The molecule has 1 aliphatic rings. The Kier molecular flexibility index (Phi) is 2.55. The normalized spacial score (nSPS) is 27.3. The summed E-state index contributed by atoms with van der Waals surface area (Å²) >= 11 is 0. The number of likely N-dealkylation sites (N-methyl/N-ethyl adjacent to an activating group) is 1. The second-order valence-corrected chi connectivity index (χ2v) is 4.37. The summed E-state index contributed by atoms with van der Waals surface area (Å²) in [7, 11) is 4.62. The highest BCUT2D eigenvalue weighted by atomic mass is 15.5. The second kappa shape index (κ2) is 3.11. The molecule has 0 amide bonds. The molecule has 0 aromatic rings. The molecule has 0 aromatic carbocycles. The van der Waals surface area contributed by atoms with Gasteiger partial charge in [-0.25, -0.2) is 4.90 Å². The molecule has 0 saturated carbocycles. The van der Waals surface area contributed by atoms with Gasteiger partial charge in [-0.15, -0.1) is 0 Å². The van der Waals surface area contributed by atoms with Gasteiger partial charge in [0.2, 0.25) is 0 Å². The molecule has 2 nitrogen and oxygen atoms in total. The van der Waals surface area contributed by atoms with Gasteiger partial charge in [0.05, 0.1) is 27.2 Å². The first-order valence-electron chi connectivity index (χ1n) is 4.61. The van der Waals surface area contributed by atoms with Crippen LogP contribution in [0.15, 0.2) is 0 Å². The zero-order chi connectivity index (χ0) is 8.48. The highest BCUT2D eigenvalue weighted by Crippen LogP contribution is 2.14. The van der Waals surface area contributed by atoms with Gasteiger partial charge in [-0.05, 0) is 13.3 Å². The van der Waals surface area contributed by atoms with Crippen LogP contribution < -0.4 is 0 Å². The topological polar surface area (TPSA) is 3.24 Å². The molecule has 0 N–H and O–H groups in total. The van der Waals surface area contributed by atoms with Crippen LogP contribution in [-0.4, -0.2) is 49.3 Å². The molecule has 1 heterocycles. The van der Waals surface area contributed by atoms with Gasteiger partial charge in [0.1, 0.15) is 6.67 Å². The standard InChI is InChI=1S/C9H21N2/c1-5-9(2)10-6-7-11(3,4)8-10/h9H,5-8H2,1-4H3/q+1. The SMILES string of the molecule is CCC(C)N1CC[N+](C)(C)C1. The summed E-state index contributed by atoms with van der Waals surface area (Å²) in [6.07, 6.45) is 1.28. The Labute approximate surface area is 70.4 Å². The Hall–Kier alpha value is -0.0800. The van der Waals surface area contributed by atoms with E-state index in [1.807, 2.05) is 0 Å². The number of hydrogen-bond acceptors (Lipinski definition) is 1. The maximum Gasteiger partial charge on any atom is 0.135 e. The molecule has 0 bridgehead atoms. The zero-order valence-corrected chi connectivity index (χ0v) is 8.30. The summed E-state index contributed by atoms with van der Waals surface area (Å²) in [6, 6.07) is 0.773. The van der Waals surface area contributed by atoms with Crippen molar-refractivity contribution in [2.45, 2.75) is 26.3 Å². The van der Waals surface area contributed by atoms with Crippen molar-refractivity contribution in [3.8, 4) is 0 Å². The van der Waals surface area contributed by atoms with Crippen LogP contribution in [0.25, 0.3) is 0 Å². The summed E-state index contributed by atoms with van der Waals surface area (Å²) < 4.78 is 1.17. The van der Waals surface area contributed by atoms with E-state index in [0.717, 1.165) is 6.04 Å². The fourth-order valence-corrected chi connectivity index (χ4v) is 1.65. The van der Waals surface area contributed by atoms with Crippen molar-refractivity contribution >= 4 is 0 Å². The van der Waals surface area contributed by atoms with Gasteiger partial charge in [0, 0.05) is 6.04 Å². The van der Waals surface area contributed by atoms with E-state index in [1.165, 1.54) is 30.7 Å². The Balaban J connectivity index is 2.41. The molecule has 1 atom stereocenters. The Morgan fingerprint density at radius 1 is 1.45 bits per heavy atom. The Morgan fingerprint density at radius 3 is 2.45 bits per heavy atom. The molecular weight excluding hydrogens is 136 g/mol. The first-order chi connectivity index (χ1) is 5.05. The van der Waals surface area contributed by atoms with E-state index >= 15 is 0 Å². The average Bonchev–Trinajstić information content (AvgIpc) is 2.29. The van der Waals surface area contributed by atoms with Crippen molar-refractivity contribution in [3.05, 3.63) is 0 Å². The minimum Gasteiger partial charge on any atom is -0.315 e. The fourth-order valence-electron chi connectivity index (χ4n) is 1.65. The maximum atomic E-state index is 2.58. The molecule has 1 aliphatic heterocycles. The van der Waals surface area contributed by atoms with Crippen molar-refractivity contribution in [1.29, 1.82) is 0 Å². The molecule has 0 aliphatic carbocycles. The molecule has 1 rings (SSSR count). The van der Waals surface area contributed by atoms with Crippen molar-refractivity contribution < 1.29 is 4.48 Å². The third kappa shape index (κ3) is 2.17. The van der Waals surface area contributed by atoms with Crippen LogP contribution in [0.5, 0.6) is 0 Å². The summed E-state index contributed by atoms with van der Waals surface area (Å²) in [6.45, 7) is 8.41. The lowest BCUT2D eigenvalue weighted by Gasteiger charge is -2.26. The second-order valence-electron chi connectivity index (χ2n) is 4.37. The van der Waals surface area contributed by atoms with Gasteiger partial charge in [0.15, 0.2) is 0 Å². The summed E-state index contributed by atoms with van der Waals surface area (Å²) in [5.41, 5.74) is 0. The number of quaternary nitrogens is 1. The lowest BCUT2D eigenvalue weighted by molar-refractivity contribution is -0.882. The first-order valence-corrected chi connectivity index (χ1v) is 4.61. The Morgan fingerprint density at radius 2 is 2.09 bits per heavy atom. The van der Waals surface area contributed by atoms with Crippen LogP contribution in [0.4, 0.5) is 0 Å². The van der Waals surface area contributed by atoms with E-state index < -0.39 is 0 Å². The maximum absolute atomic E-state index is 2.58. The van der Waals surface area contributed by atoms with Crippen molar-refractivity contribution in [2.75, 3.05) is 33.9 Å². The molecule has 0 aromatic heterocycles. The highest BCUT2D eigenvalue weighted by Gasteiger charge is 2.30. The number of hydrogen-bond donors (Lipinski definition) is 0. The average molecular weight is 157 g/mol. The molecule has 66 valence electrons. The first kappa shape index (κ1) is 9.01. The molecule has 0 spiro atoms. The predicted molar refractivity (Wildman–Crippen MR) is 48.3 cm³/mol. The minimum absolute atomic E-state index is 0.773. The molecule has 1 saturated heterocycles. The molecule has 1 unspecified atom stereocenters. The molecule has 1 fully saturated rings. The van der Waals surface area contributed by atoms with Gasteiger partial charge in [-0.3, -0.25) is 0 Å². The van der Waals surface area contributed by atoms with Gasteiger partial charge in [-0.1, -0.05) is 6.92 Å². The predicted octanol–water partition coefficient (Wildman–Crippen LogP) is 1.13. The number of rotatable bonds is 2. The van der Waals surface area contributed by atoms with E-state index in [9.17, 15) is 0 Å². The van der Waals surface area contributed by atoms with Gasteiger partial charge >= 0.3 is 0 Å². The molecular formula is C9H21N2+. The molecule has 2 heteroatoms. The van der Waals surface area contributed by atoms with Crippen LogP contribution >= 0.6 is 0 Å². The van der Waals surface area contributed by atoms with Crippen molar-refractivity contribution in [3.63, 3.8) is 0 Å². The van der Waals surface area contributed by atoms with Crippen LogP contribution in [0.2, 0.25) is 0 Å². The van der Waals surface area contributed by atoms with Crippen molar-refractivity contribution in [1.82, 2.24) is 4.90 Å². The fraction of sp³-hybridized carbons (Fsp3) is 1.00. The largest absolute Gasteiger partial charge is 0.315 e. The van der Waals surface area contributed by atoms with Crippen LogP contribution in [-0.2, 0) is 0 Å². The molecule has 0 radical (unpaired) electrons. The van der Waals surface area contributed by atoms with E-state index in [4.69, 9.17) is 0 Å². The summed E-state index contributed by atoms with van der Waals surface area (Å²) in [5.74, 6) is 0.